The Labute approximate surface area is 216 Å². The molecule has 0 atom stereocenters. The monoisotopic (exact) mass is 500 g/mol. The lowest BCUT2D eigenvalue weighted by molar-refractivity contribution is 0.0579. The molecule has 2 rings (SSSR count). The lowest BCUT2D eigenvalue weighted by Crippen LogP contribution is -2.19. The molecule has 0 saturated carbocycles. The van der Waals surface area contributed by atoms with Crippen LogP contribution in [0, 0.1) is 0 Å². The van der Waals surface area contributed by atoms with Gasteiger partial charge in [0.15, 0.2) is 0 Å². The molecular weight excluding hydrogens is 456 g/mol. The van der Waals surface area contributed by atoms with Crippen molar-refractivity contribution in [2.75, 3.05) is 5.94 Å². The minimum Gasteiger partial charge on any atom is -0.507 e. The highest BCUT2D eigenvalue weighted by molar-refractivity contribution is 7.99. The third-order valence-corrected chi connectivity index (χ3v) is 6.88. The summed E-state index contributed by atoms with van der Waals surface area (Å²) in [7, 11) is 0. The molecule has 2 N–H and O–H groups in total. The second kappa shape index (κ2) is 9.72. The lowest BCUT2D eigenvalue weighted by atomic mass is 9.78. The summed E-state index contributed by atoms with van der Waals surface area (Å²) in [6, 6.07) is 7.46. The van der Waals surface area contributed by atoms with E-state index in [4.69, 9.17) is 4.74 Å². The van der Waals surface area contributed by atoms with Crippen molar-refractivity contribution in [2.24, 2.45) is 0 Å². The summed E-state index contributed by atoms with van der Waals surface area (Å²) in [4.78, 5) is 14.0. The molecule has 0 spiro atoms. The van der Waals surface area contributed by atoms with E-state index in [-0.39, 0.29) is 33.3 Å². The summed E-state index contributed by atoms with van der Waals surface area (Å²) < 4.78 is 5.67. The summed E-state index contributed by atoms with van der Waals surface area (Å²) in [5, 5.41) is 21.9. The summed E-state index contributed by atoms with van der Waals surface area (Å²) in [6.07, 6.45) is 0. The number of aromatic hydroxyl groups is 2. The van der Waals surface area contributed by atoms with Crippen LogP contribution in [0.4, 0.5) is 0 Å². The van der Waals surface area contributed by atoms with Crippen molar-refractivity contribution in [3.63, 3.8) is 0 Å². The van der Waals surface area contributed by atoms with E-state index in [9.17, 15) is 15.0 Å². The van der Waals surface area contributed by atoms with Crippen molar-refractivity contribution >= 4 is 17.7 Å². The van der Waals surface area contributed by atoms with Crippen LogP contribution in [-0.2, 0) is 26.4 Å². The number of hydrogen-bond donors (Lipinski definition) is 2. The van der Waals surface area contributed by atoms with Crippen LogP contribution in [0.3, 0.4) is 0 Å². The van der Waals surface area contributed by atoms with Gasteiger partial charge < -0.3 is 14.9 Å². The van der Waals surface area contributed by atoms with Crippen LogP contribution in [0.1, 0.15) is 116 Å². The molecule has 0 radical (unpaired) electrons. The summed E-state index contributed by atoms with van der Waals surface area (Å²) in [6.45, 7) is 24.6. The Morgan fingerprint density at radius 3 is 1.29 bits per heavy atom. The van der Waals surface area contributed by atoms with Gasteiger partial charge in [-0.05, 0) is 45.9 Å². The van der Waals surface area contributed by atoms with E-state index in [1.54, 1.807) is 12.1 Å². The molecule has 2 aromatic carbocycles. The average Bonchev–Trinajstić information content (AvgIpc) is 2.65. The molecule has 0 amide bonds. The van der Waals surface area contributed by atoms with Crippen LogP contribution in [0.2, 0.25) is 0 Å². The summed E-state index contributed by atoms with van der Waals surface area (Å²) in [5.41, 5.74) is 2.55. The van der Waals surface area contributed by atoms with E-state index in [1.165, 1.54) is 11.8 Å². The van der Waals surface area contributed by atoms with E-state index < -0.39 is 5.97 Å². The number of hydrogen-bond acceptors (Lipinski definition) is 5. The van der Waals surface area contributed by atoms with Crippen LogP contribution in [-0.4, -0.2) is 22.1 Å². The fraction of sp³-hybridized carbons (Fsp3) is 0.567. The maximum atomic E-state index is 13.1. The van der Waals surface area contributed by atoms with Gasteiger partial charge in [0.25, 0.3) is 0 Å². The first kappa shape index (κ1) is 29.1. The fourth-order valence-corrected chi connectivity index (χ4v) is 4.67. The minimum absolute atomic E-state index is 0.146. The average molecular weight is 501 g/mol. The van der Waals surface area contributed by atoms with Gasteiger partial charge in [0.05, 0.1) is 5.56 Å². The maximum Gasteiger partial charge on any atom is 0.338 e. The first-order valence-corrected chi connectivity index (χ1v) is 13.2. The number of rotatable bonds is 4. The van der Waals surface area contributed by atoms with Gasteiger partial charge in [-0.1, -0.05) is 94.8 Å². The maximum absolute atomic E-state index is 13.1. The topological polar surface area (TPSA) is 66.8 Å². The van der Waals surface area contributed by atoms with Gasteiger partial charge in [0, 0.05) is 27.1 Å². The number of thioether (sulfide) groups is 1. The number of carbonyl (C=O) groups is 1. The largest absolute Gasteiger partial charge is 0.507 e. The summed E-state index contributed by atoms with van der Waals surface area (Å²) in [5.74, 6) is 0.302. The van der Waals surface area contributed by atoms with Crippen molar-refractivity contribution in [1.29, 1.82) is 0 Å². The Bertz CT molecular complexity index is 1020. The van der Waals surface area contributed by atoms with E-state index in [1.807, 2.05) is 53.7 Å². The molecule has 0 fully saturated rings. The van der Waals surface area contributed by atoms with Crippen LogP contribution in [0.15, 0.2) is 29.2 Å². The van der Waals surface area contributed by atoms with Crippen molar-refractivity contribution < 1.29 is 19.7 Å². The van der Waals surface area contributed by atoms with Gasteiger partial charge in [-0.25, -0.2) is 4.79 Å². The second-order valence-electron chi connectivity index (χ2n) is 13.5. The van der Waals surface area contributed by atoms with E-state index in [0.717, 1.165) is 27.1 Å². The van der Waals surface area contributed by atoms with E-state index >= 15 is 0 Å². The van der Waals surface area contributed by atoms with E-state index in [0.29, 0.717) is 11.3 Å². The standard InChI is InChI=1S/C30H44O4S/c1-27(2,3)20-13-18(14-21(24(20)31)28(4,5)6)26(33)34-17-35-19-15-22(29(7,8)9)25(32)23(16-19)30(10,11)12/h13-16,31-32H,17H2,1-12H3. The minimum atomic E-state index is -0.417. The Morgan fingerprint density at radius 2 is 0.971 bits per heavy atom. The van der Waals surface area contributed by atoms with Crippen LogP contribution in [0.25, 0.3) is 0 Å². The van der Waals surface area contributed by atoms with Gasteiger partial charge >= 0.3 is 5.97 Å². The quantitative estimate of drug-likeness (QED) is 0.252. The molecule has 0 aliphatic carbocycles. The molecule has 2 aromatic rings. The molecule has 0 aliphatic heterocycles. The third-order valence-electron chi connectivity index (χ3n) is 6.08. The molecule has 0 heterocycles. The first-order valence-electron chi connectivity index (χ1n) is 12.2. The highest BCUT2D eigenvalue weighted by Gasteiger charge is 2.29. The van der Waals surface area contributed by atoms with Crippen LogP contribution in [0.5, 0.6) is 11.5 Å². The molecule has 5 heteroatoms. The molecular formula is C30H44O4S. The number of esters is 1. The van der Waals surface area contributed by atoms with Gasteiger partial charge in [-0.2, -0.15) is 0 Å². The zero-order valence-electron chi connectivity index (χ0n) is 23.6. The van der Waals surface area contributed by atoms with Crippen LogP contribution < -0.4 is 0 Å². The molecule has 0 saturated heterocycles. The van der Waals surface area contributed by atoms with Crippen molar-refractivity contribution in [1.82, 2.24) is 0 Å². The smallest absolute Gasteiger partial charge is 0.338 e. The zero-order valence-corrected chi connectivity index (χ0v) is 24.5. The first-order chi connectivity index (χ1) is 15.6. The predicted octanol–water partition coefficient (Wildman–Crippen LogP) is 8.19. The number of phenolic OH excluding ortho intramolecular Hbond substituents is 2. The molecule has 194 valence electrons. The van der Waals surface area contributed by atoms with E-state index in [2.05, 4.69) is 41.5 Å². The van der Waals surface area contributed by atoms with Gasteiger partial charge in [-0.15, -0.1) is 0 Å². The zero-order chi connectivity index (χ0) is 27.1. The van der Waals surface area contributed by atoms with Crippen molar-refractivity contribution in [3.05, 3.63) is 52.1 Å². The third kappa shape index (κ3) is 6.97. The summed E-state index contributed by atoms with van der Waals surface area (Å²) >= 11 is 1.43. The van der Waals surface area contributed by atoms with Gasteiger partial charge in [0.2, 0.25) is 0 Å². The van der Waals surface area contributed by atoms with Gasteiger partial charge in [-0.3, -0.25) is 0 Å². The van der Waals surface area contributed by atoms with Gasteiger partial charge in [0.1, 0.15) is 17.4 Å². The molecule has 0 aromatic heterocycles. The molecule has 0 bridgehead atoms. The Kier molecular flexibility index (Phi) is 8.08. The Hall–Kier alpha value is -2.14. The Morgan fingerprint density at radius 1 is 0.657 bits per heavy atom. The van der Waals surface area contributed by atoms with Crippen LogP contribution >= 0.6 is 11.8 Å². The molecule has 0 unspecified atom stereocenters. The second-order valence-corrected chi connectivity index (χ2v) is 14.5. The fourth-order valence-electron chi connectivity index (χ4n) is 3.96. The lowest BCUT2D eigenvalue weighted by Gasteiger charge is -2.28. The normalized spacial score (nSPS) is 13.1. The Balaban J connectivity index is 2.35. The highest BCUT2D eigenvalue weighted by atomic mass is 32.2. The van der Waals surface area contributed by atoms with Crippen molar-refractivity contribution in [2.45, 2.75) is 110 Å². The number of carbonyl (C=O) groups excluding carboxylic acids is 1. The predicted molar refractivity (Wildman–Crippen MR) is 147 cm³/mol. The number of benzene rings is 2. The molecule has 0 aliphatic rings. The number of ether oxygens (including phenoxy) is 1. The SMILES string of the molecule is CC(C)(C)c1cc(SCOC(=O)c2cc(C(C)(C)C)c(O)c(C(C)(C)C)c2)cc(C(C)(C)C)c1O. The molecule has 35 heavy (non-hydrogen) atoms. The molecule has 4 nitrogen and oxygen atoms in total. The van der Waals surface area contributed by atoms with Crippen molar-refractivity contribution in [3.8, 4) is 11.5 Å². The highest BCUT2D eigenvalue weighted by Crippen LogP contribution is 2.42. The number of phenols is 2.